The molecule has 0 saturated heterocycles. The first-order chi connectivity index (χ1) is 19.6. The van der Waals surface area contributed by atoms with Gasteiger partial charge in [0.1, 0.15) is 6.61 Å². The Morgan fingerprint density at radius 2 is 0.975 bits per heavy atom. The smallest absolute Gasteiger partial charge is 0.339 e. The molecule has 0 heterocycles. The maximum Gasteiger partial charge on any atom is 0.339 e. The first kappa shape index (κ1) is 36.1. The largest absolute Gasteiger partial charge is 0.478 e. The number of rotatable bonds is 28. The molecule has 0 fully saturated rings. The summed E-state index contributed by atoms with van der Waals surface area (Å²) < 4.78 is 17.3. The molecule has 0 aliphatic rings. The van der Waals surface area contributed by atoms with Crippen LogP contribution in [-0.2, 0) is 14.2 Å². The molecule has 230 valence electrons. The van der Waals surface area contributed by atoms with E-state index in [1.807, 2.05) is 0 Å². The second-order valence-electron chi connectivity index (χ2n) is 11.0. The Balaban J connectivity index is 2.34. The van der Waals surface area contributed by atoms with Gasteiger partial charge in [-0.05, 0) is 25.0 Å². The lowest BCUT2D eigenvalue weighted by molar-refractivity contribution is -0.164. The van der Waals surface area contributed by atoms with Crippen molar-refractivity contribution < 1.29 is 28.9 Å². The van der Waals surface area contributed by atoms with Gasteiger partial charge in [0.2, 0.25) is 0 Å². The van der Waals surface area contributed by atoms with Gasteiger partial charge in [-0.3, -0.25) is 0 Å². The summed E-state index contributed by atoms with van der Waals surface area (Å²) in [5.74, 6) is -1.83. The maximum absolute atomic E-state index is 12.6. The van der Waals surface area contributed by atoms with Crippen LogP contribution in [0.3, 0.4) is 0 Å². The van der Waals surface area contributed by atoms with Crippen molar-refractivity contribution in [2.45, 2.75) is 149 Å². The Bertz CT molecular complexity index is 724. The summed E-state index contributed by atoms with van der Waals surface area (Å²) >= 11 is 0. The highest BCUT2D eigenvalue weighted by molar-refractivity contribution is 6.02. The monoisotopic (exact) mass is 562 g/mol. The summed E-state index contributed by atoms with van der Waals surface area (Å²) in [7, 11) is 0. The van der Waals surface area contributed by atoms with Crippen LogP contribution in [0, 0.1) is 0 Å². The van der Waals surface area contributed by atoms with Crippen molar-refractivity contribution in [2.24, 2.45) is 0 Å². The predicted molar refractivity (Wildman–Crippen MR) is 163 cm³/mol. The summed E-state index contributed by atoms with van der Waals surface area (Å²) in [6.45, 7) is 5.56. The Morgan fingerprint density at radius 3 is 1.38 bits per heavy atom. The lowest BCUT2D eigenvalue weighted by atomic mass is 10.1. The molecule has 1 aromatic rings. The van der Waals surface area contributed by atoms with Crippen LogP contribution in [0.25, 0.3) is 0 Å². The number of carboxylic acid groups (broad SMARTS) is 1. The SMILES string of the molecule is CCCCCCCCCCCCOC(COC(=O)c1ccccc1C(=O)O)OCCCCCCCCCCCC. The molecule has 0 aromatic heterocycles. The maximum atomic E-state index is 12.6. The second kappa shape index (κ2) is 26.0. The Labute approximate surface area is 244 Å². The molecular formula is C34H58O6. The Hall–Kier alpha value is -1.92. The van der Waals surface area contributed by atoms with Crippen LogP contribution < -0.4 is 0 Å². The van der Waals surface area contributed by atoms with Gasteiger partial charge in [0.05, 0.1) is 11.1 Å². The predicted octanol–water partition coefficient (Wildman–Crippen LogP) is 9.74. The topological polar surface area (TPSA) is 82.1 Å². The molecule has 6 heteroatoms. The van der Waals surface area contributed by atoms with Gasteiger partial charge in [-0.25, -0.2) is 9.59 Å². The third-order valence-electron chi connectivity index (χ3n) is 7.33. The lowest BCUT2D eigenvalue weighted by Crippen LogP contribution is -2.27. The van der Waals surface area contributed by atoms with Gasteiger partial charge in [-0.15, -0.1) is 0 Å². The molecular weight excluding hydrogens is 504 g/mol. The summed E-state index contributed by atoms with van der Waals surface area (Å²) in [5.41, 5.74) is -0.0280. The van der Waals surface area contributed by atoms with Crippen molar-refractivity contribution >= 4 is 11.9 Å². The minimum atomic E-state index is -1.15. The van der Waals surface area contributed by atoms with Crippen LogP contribution in [-0.4, -0.2) is 43.2 Å². The van der Waals surface area contributed by atoms with E-state index in [0.717, 1.165) is 25.7 Å². The van der Waals surface area contributed by atoms with Crippen molar-refractivity contribution in [3.63, 3.8) is 0 Å². The summed E-state index contributed by atoms with van der Waals surface area (Å²) in [5, 5.41) is 9.37. The van der Waals surface area contributed by atoms with Gasteiger partial charge in [-0.1, -0.05) is 142 Å². The molecule has 0 radical (unpaired) electrons. The summed E-state index contributed by atoms with van der Waals surface area (Å²) in [6, 6.07) is 6.09. The van der Waals surface area contributed by atoms with Gasteiger partial charge in [-0.2, -0.15) is 0 Å². The highest BCUT2D eigenvalue weighted by Crippen LogP contribution is 2.14. The van der Waals surface area contributed by atoms with E-state index in [0.29, 0.717) is 13.2 Å². The average molecular weight is 563 g/mol. The average Bonchev–Trinajstić information content (AvgIpc) is 2.96. The van der Waals surface area contributed by atoms with Gasteiger partial charge >= 0.3 is 11.9 Å². The van der Waals surface area contributed by atoms with Crippen molar-refractivity contribution in [1.29, 1.82) is 0 Å². The van der Waals surface area contributed by atoms with E-state index in [4.69, 9.17) is 14.2 Å². The minimum Gasteiger partial charge on any atom is -0.478 e. The summed E-state index contributed by atoms with van der Waals surface area (Å²) in [6.07, 6.45) is 24.4. The highest BCUT2D eigenvalue weighted by Gasteiger charge is 2.19. The van der Waals surface area contributed by atoms with Gasteiger partial charge < -0.3 is 19.3 Å². The number of esters is 1. The van der Waals surface area contributed by atoms with E-state index in [-0.39, 0.29) is 17.7 Å². The van der Waals surface area contributed by atoms with Crippen LogP contribution in [0.1, 0.15) is 163 Å². The van der Waals surface area contributed by atoms with Gasteiger partial charge in [0.15, 0.2) is 6.29 Å². The fourth-order valence-corrected chi connectivity index (χ4v) is 4.82. The van der Waals surface area contributed by atoms with E-state index in [9.17, 15) is 14.7 Å². The Morgan fingerprint density at radius 1 is 0.600 bits per heavy atom. The Kier molecular flexibility index (Phi) is 23.5. The number of aromatic carboxylic acids is 1. The zero-order valence-electron chi connectivity index (χ0n) is 25.6. The number of carbonyl (C=O) groups excluding carboxylic acids is 1. The number of ether oxygens (including phenoxy) is 3. The van der Waals surface area contributed by atoms with E-state index >= 15 is 0 Å². The van der Waals surface area contributed by atoms with E-state index < -0.39 is 18.2 Å². The van der Waals surface area contributed by atoms with Crippen LogP contribution in [0.2, 0.25) is 0 Å². The molecule has 0 spiro atoms. The van der Waals surface area contributed by atoms with Crippen LogP contribution in [0.5, 0.6) is 0 Å². The van der Waals surface area contributed by atoms with Gasteiger partial charge in [0, 0.05) is 13.2 Å². The number of hydrogen-bond donors (Lipinski definition) is 1. The first-order valence-electron chi connectivity index (χ1n) is 16.3. The molecule has 0 bridgehead atoms. The number of carbonyl (C=O) groups is 2. The lowest BCUT2D eigenvalue weighted by Gasteiger charge is -2.19. The van der Waals surface area contributed by atoms with Crippen molar-refractivity contribution in [3.05, 3.63) is 35.4 Å². The number of carboxylic acids is 1. The number of hydrogen-bond acceptors (Lipinski definition) is 5. The molecule has 0 saturated carbocycles. The zero-order chi connectivity index (χ0) is 29.1. The van der Waals surface area contributed by atoms with Crippen LogP contribution >= 0.6 is 0 Å². The highest BCUT2D eigenvalue weighted by atomic mass is 16.7. The molecule has 40 heavy (non-hydrogen) atoms. The third-order valence-corrected chi connectivity index (χ3v) is 7.33. The molecule has 0 aliphatic carbocycles. The quantitative estimate of drug-likeness (QED) is 0.0622. The van der Waals surface area contributed by atoms with Crippen molar-refractivity contribution in [3.8, 4) is 0 Å². The van der Waals surface area contributed by atoms with E-state index in [1.165, 1.54) is 115 Å². The molecule has 0 amide bonds. The third kappa shape index (κ3) is 19.2. The van der Waals surface area contributed by atoms with Crippen LogP contribution in [0.15, 0.2) is 24.3 Å². The molecule has 1 aromatic carbocycles. The molecule has 1 N–H and O–H groups in total. The molecule has 1 rings (SSSR count). The molecule has 6 nitrogen and oxygen atoms in total. The summed E-state index contributed by atoms with van der Waals surface area (Å²) in [4.78, 5) is 24.1. The molecule has 0 unspecified atom stereocenters. The number of benzene rings is 1. The van der Waals surface area contributed by atoms with Crippen molar-refractivity contribution in [1.82, 2.24) is 0 Å². The van der Waals surface area contributed by atoms with Crippen molar-refractivity contribution in [2.75, 3.05) is 19.8 Å². The first-order valence-corrected chi connectivity index (χ1v) is 16.3. The normalized spacial score (nSPS) is 11.3. The van der Waals surface area contributed by atoms with Crippen LogP contribution in [0.4, 0.5) is 0 Å². The number of unbranched alkanes of at least 4 members (excludes halogenated alkanes) is 18. The second-order valence-corrected chi connectivity index (χ2v) is 11.0. The minimum absolute atomic E-state index is 0.0399. The zero-order valence-corrected chi connectivity index (χ0v) is 25.6. The fraction of sp³-hybridized carbons (Fsp3) is 0.765. The standard InChI is InChI=1S/C34H58O6/c1-3-5-7-9-11-13-15-17-19-23-27-38-32(39-28-24-20-18-16-14-12-10-8-6-4-2)29-40-34(37)31-26-22-21-25-30(31)33(35)36/h21-22,25-26,32H,3-20,23-24,27-29H2,1-2H3,(H,35,36). The van der Waals surface area contributed by atoms with E-state index in [1.54, 1.807) is 12.1 Å². The fourth-order valence-electron chi connectivity index (χ4n) is 4.82. The molecule has 0 atom stereocenters. The molecule has 0 aliphatic heterocycles. The van der Waals surface area contributed by atoms with E-state index in [2.05, 4.69) is 13.8 Å². The van der Waals surface area contributed by atoms with Gasteiger partial charge in [0.25, 0.3) is 0 Å².